The lowest BCUT2D eigenvalue weighted by Crippen LogP contribution is -2.40. The van der Waals surface area contributed by atoms with Crippen LogP contribution in [0.3, 0.4) is 0 Å². The maximum absolute atomic E-state index is 11.9. The molecule has 0 bridgehead atoms. The van der Waals surface area contributed by atoms with Crippen molar-refractivity contribution < 1.29 is 4.79 Å². The van der Waals surface area contributed by atoms with Crippen LogP contribution in [-0.4, -0.2) is 41.5 Å². The molecule has 1 fully saturated rings. The van der Waals surface area contributed by atoms with Crippen LogP contribution in [0.4, 0.5) is 5.82 Å². The molecule has 0 aliphatic carbocycles. The van der Waals surface area contributed by atoms with Gasteiger partial charge in [0.25, 0.3) is 5.91 Å². The molecule has 98 valence electrons. The van der Waals surface area contributed by atoms with E-state index in [1.807, 2.05) is 0 Å². The van der Waals surface area contributed by atoms with E-state index in [1.165, 1.54) is 12.6 Å². The zero-order valence-corrected chi connectivity index (χ0v) is 10.7. The van der Waals surface area contributed by atoms with Gasteiger partial charge in [-0.05, 0) is 38.1 Å². The number of rotatable bonds is 4. The Balaban J connectivity index is 1.86. The van der Waals surface area contributed by atoms with Crippen LogP contribution in [0.1, 0.15) is 30.1 Å². The lowest BCUT2D eigenvalue weighted by molar-refractivity contribution is 0.0941. The lowest BCUT2D eigenvalue weighted by atomic mass is 10.2. The molecule has 0 aromatic carbocycles. The summed E-state index contributed by atoms with van der Waals surface area (Å²) in [6, 6.07) is 3.81. The molecule has 2 heterocycles. The smallest absolute Gasteiger partial charge is 0.252 e. The van der Waals surface area contributed by atoms with Crippen molar-refractivity contribution in [1.82, 2.24) is 15.2 Å². The molecule has 1 aliphatic rings. The Kier molecular flexibility index (Phi) is 4.15. The minimum atomic E-state index is -0.0783. The molecular formula is C13H20N4O. The van der Waals surface area contributed by atoms with Gasteiger partial charge in [0, 0.05) is 18.8 Å². The van der Waals surface area contributed by atoms with Gasteiger partial charge < -0.3 is 11.1 Å². The number of anilines is 1. The number of amides is 1. The highest BCUT2D eigenvalue weighted by Crippen LogP contribution is 2.15. The van der Waals surface area contributed by atoms with Crippen molar-refractivity contribution >= 4 is 11.7 Å². The Morgan fingerprint density at radius 2 is 2.44 bits per heavy atom. The van der Waals surface area contributed by atoms with E-state index in [0.29, 0.717) is 24.0 Å². The van der Waals surface area contributed by atoms with Crippen LogP contribution in [0.25, 0.3) is 0 Å². The Morgan fingerprint density at radius 1 is 1.61 bits per heavy atom. The number of hydrogen-bond donors (Lipinski definition) is 2. The molecule has 1 aromatic heterocycles. The molecule has 5 heteroatoms. The molecule has 0 radical (unpaired) electrons. The van der Waals surface area contributed by atoms with Gasteiger partial charge in [0.2, 0.25) is 0 Å². The number of pyridine rings is 1. The normalized spacial score (nSPS) is 19.9. The van der Waals surface area contributed by atoms with Crippen LogP contribution in [0.5, 0.6) is 0 Å². The minimum Gasteiger partial charge on any atom is -0.384 e. The predicted octanol–water partition coefficient (Wildman–Crippen LogP) is 0.878. The van der Waals surface area contributed by atoms with Gasteiger partial charge in [-0.3, -0.25) is 9.69 Å². The second-order valence-corrected chi connectivity index (χ2v) is 4.61. The summed E-state index contributed by atoms with van der Waals surface area (Å²) >= 11 is 0. The fourth-order valence-corrected chi connectivity index (χ4v) is 2.39. The second-order valence-electron chi connectivity index (χ2n) is 4.61. The molecule has 0 spiro atoms. The van der Waals surface area contributed by atoms with Crippen molar-refractivity contribution in [1.29, 1.82) is 0 Å². The highest BCUT2D eigenvalue weighted by molar-refractivity contribution is 5.94. The van der Waals surface area contributed by atoms with E-state index >= 15 is 0 Å². The zero-order chi connectivity index (χ0) is 13.0. The number of aromatic nitrogens is 1. The standard InChI is InChI=1S/C13H20N4O/c1-2-17-7-3-4-11(17)9-16-13(18)10-5-6-12(14)15-8-10/h5-6,8,11H,2-4,7,9H2,1H3,(H2,14,15)(H,16,18). The topological polar surface area (TPSA) is 71.2 Å². The summed E-state index contributed by atoms with van der Waals surface area (Å²) in [6.07, 6.45) is 3.89. The summed E-state index contributed by atoms with van der Waals surface area (Å²) in [4.78, 5) is 18.2. The van der Waals surface area contributed by atoms with Gasteiger partial charge in [-0.25, -0.2) is 4.98 Å². The summed E-state index contributed by atoms with van der Waals surface area (Å²) < 4.78 is 0. The maximum atomic E-state index is 11.9. The first-order chi connectivity index (χ1) is 8.70. The van der Waals surface area contributed by atoms with E-state index in [9.17, 15) is 4.79 Å². The number of carbonyl (C=O) groups excluding carboxylic acids is 1. The number of nitrogen functional groups attached to an aromatic ring is 1. The number of nitrogens with zero attached hydrogens (tertiary/aromatic N) is 2. The fraction of sp³-hybridized carbons (Fsp3) is 0.538. The molecule has 1 atom stereocenters. The van der Waals surface area contributed by atoms with Gasteiger partial charge in [-0.1, -0.05) is 6.92 Å². The van der Waals surface area contributed by atoms with Gasteiger partial charge >= 0.3 is 0 Å². The Labute approximate surface area is 107 Å². The van der Waals surface area contributed by atoms with Gasteiger partial charge in [0.05, 0.1) is 5.56 Å². The Morgan fingerprint density at radius 3 is 3.11 bits per heavy atom. The Bertz CT molecular complexity index is 404. The minimum absolute atomic E-state index is 0.0783. The number of hydrogen-bond acceptors (Lipinski definition) is 4. The number of nitrogens with one attached hydrogen (secondary N) is 1. The molecule has 1 amide bonds. The number of carbonyl (C=O) groups is 1. The monoisotopic (exact) mass is 248 g/mol. The molecule has 18 heavy (non-hydrogen) atoms. The summed E-state index contributed by atoms with van der Waals surface area (Å²) in [5.41, 5.74) is 6.05. The molecule has 1 aliphatic heterocycles. The quantitative estimate of drug-likeness (QED) is 0.829. The van der Waals surface area contributed by atoms with Crippen molar-refractivity contribution in [3.05, 3.63) is 23.9 Å². The molecule has 5 nitrogen and oxygen atoms in total. The van der Waals surface area contributed by atoms with Crippen LogP contribution >= 0.6 is 0 Å². The van der Waals surface area contributed by atoms with Gasteiger partial charge in [0.1, 0.15) is 5.82 Å². The average molecular weight is 248 g/mol. The molecule has 2 rings (SSSR count). The average Bonchev–Trinajstić information content (AvgIpc) is 2.84. The van der Waals surface area contributed by atoms with Crippen molar-refractivity contribution in [3.8, 4) is 0 Å². The zero-order valence-electron chi connectivity index (χ0n) is 10.7. The maximum Gasteiger partial charge on any atom is 0.252 e. The third-order valence-corrected chi connectivity index (χ3v) is 3.45. The largest absolute Gasteiger partial charge is 0.384 e. The summed E-state index contributed by atoms with van der Waals surface area (Å²) in [6.45, 7) is 5.05. The highest BCUT2D eigenvalue weighted by Gasteiger charge is 2.23. The van der Waals surface area contributed by atoms with E-state index < -0.39 is 0 Å². The first-order valence-corrected chi connectivity index (χ1v) is 6.44. The molecule has 3 N–H and O–H groups in total. The molecule has 1 unspecified atom stereocenters. The van der Waals surface area contributed by atoms with Crippen LogP contribution < -0.4 is 11.1 Å². The summed E-state index contributed by atoms with van der Waals surface area (Å²) in [5, 5.41) is 2.96. The van der Waals surface area contributed by atoms with Crippen molar-refractivity contribution in [2.45, 2.75) is 25.8 Å². The molecule has 0 saturated carbocycles. The van der Waals surface area contributed by atoms with Crippen LogP contribution in [0.15, 0.2) is 18.3 Å². The van der Waals surface area contributed by atoms with E-state index in [-0.39, 0.29) is 5.91 Å². The summed E-state index contributed by atoms with van der Waals surface area (Å²) in [7, 11) is 0. The van der Waals surface area contributed by atoms with E-state index in [0.717, 1.165) is 19.5 Å². The van der Waals surface area contributed by atoms with Gasteiger partial charge in [0.15, 0.2) is 0 Å². The van der Waals surface area contributed by atoms with E-state index in [4.69, 9.17) is 5.73 Å². The lowest BCUT2D eigenvalue weighted by Gasteiger charge is -2.22. The number of likely N-dealkylation sites (tertiary alicyclic amines) is 1. The Hall–Kier alpha value is -1.62. The fourth-order valence-electron chi connectivity index (χ4n) is 2.39. The third kappa shape index (κ3) is 2.98. The number of nitrogens with two attached hydrogens (primary N) is 1. The van der Waals surface area contributed by atoms with Gasteiger partial charge in [-0.15, -0.1) is 0 Å². The van der Waals surface area contributed by atoms with Crippen molar-refractivity contribution in [2.75, 3.05) is 25.4 Å². The van der Waals surface area contributed by atoms with Crippen LogP contribution in [-0.2, 0) is 0 Å². The van der Waals surface area contributed by atoms with E-state index in [1.54, 1.807) is 12.1 Å². The van der Waals surface area contributed by atoms with E-state index in [2.05, 4.69) is 22.1 Å². The SMILES string of the molecule is CCN1CCCC1CNC(=O)c1ccc(N)nc1. The van der Waals surface area contributed by atoms with Crippen molar-refractivity contribution in [3.63, 3.8) is 0 Å². The third-order valence-electron chi connectivity index (χ3n) is 3.45. The second kappa shape index (κ2) is 5.82. The molecule has 1 saturated heterocycles. The van der Waals surface area contributed by atoms with Crippen molar-refractivity contribution in [2.24, 2.45) is 0 Å². The first kappa shape index (κ1) is 12.8. The predicted molar refractivity (Wildman–Crippen MR) is 71.3 cm³/mol. The first-order valence-electron chi connectivity index (χ1n) is 6.44. The molecule has 1 aromatic rings. The van der Waals surface area contributed by atoms with Crippen LogP contribution in [0, 0.1) is 0 Å². The van der Waals surface area contributed by atoms with Crippen LogP contribution in [0.2, 0.25) is 0 Å². The summed E-state index contributed by atoms with van der Waals surface area (Å²) in [5.74, 6) is 0.352. The van der Waals surface area contributed by atoms with Gasteiger partial charge in [-0.2, -0.15) is 0 Å². The highest BCUT2D eigenvalue weighted by atomic mass is 16.1. The number of likely N-dealkylation sites (N-methyl/N-ethyl adjacent to an activating group) is 1. The molecular weight excluding hydrogens is 228 g/mol.